The molecular weight excluding hydrogens is 376 g/mol. The second-order valence-corrected chi connectivity index (χ2v) is 7.70. The standard InChI is InChI=1S/C22H20O7/c1-22-6-4-5-13(28-22)18-15(29-22)9-12-17(21(18)25)20(24)16-11(19(12)23)7-10(26-2)8-14(16)27-3/h7-9,13,25H,4-6H2,1-3H3/t13?,22-/m0/s1. The molecule has 7 heteroatoms. The van der Waals surface area contributed by atoms with Crippen molar-refractivity contribution in [1.29, 1.82) is 0 Å². The highest BCUT2D eigenvalue weighted by Crippen LogP contribution is 2.53. The van der Waals surface area contributed by atoms with Crippen molar-refractivity contribution in [3.05, 3.63) is 46.0 Å². The molecule has 3 aliphatic rings. The molecule has 1 saturated heterocycles. The molecule has 5 rings (SSSR count). The predicted molar refractivity (Wildman–Crippen MR) is 101 cm³/mol. The molecule has 0 spiro atoms. The first kappa shape index (κ1) is 18.0. The van der Waals surface area contributed by atoms with Crippen molar-refractivity contribution in [3.8, 4) is 23.0 Å². The number of hydrogen-bond donors (Lipinski definition) is 1. The van der Waals surface area contributed by atoms with E-state index in [1.807, 2.05) is 6.92 Å². The van der Waals surface area contributed by atoms with E-state index >= 15 is 0 Å². The average Bonchev–Trinajstić information content (AvgIpc) is 2.69. The van der Waals surface area contributed by atoms with Crippen molar-refractivity contribution >= 4 is 11.6 Å². The van der Waals surface area contributed by atoms with E-state index in [4.69, 9.17) is 18.9 Å². The molecule has 0 amide bonds. The van der Waals surface area contributed by atoms with Crippen LogP contribution >= 0.6 is 0 Å². The highest BCUT2D eigenvalue weighted by atomic mass is 16.7. The molecular formula is C22H20O7. The topological polar surface area (TPSA) is 91.3 Å². The molecule has 29 heavy (non-hydrogen) atoms. The van der Waals surface area contributed by atoms with Crippen LogP contribution in [0.25, 0.3) is 0 Å². The van der Waals surface area contributed by atoms with Crippen LogP contribution in [-0.4, -0.2) is 36.7 Å². The summed E-state index contributed by atoms with van der Waals surface area (Å²) in [6, 6.07) is 4.61. The fourth-order valence-electron chi connectivity index (χ4n) is 4.56. The third kappa shape index (κ3) is 2.40. The largest absolute Gasteiger partial charge is 0.507 e. The highest BCUT2D eigenvalue weighted by Gasteiger charge is 2.46. The summed E-state index contributed by atoms with van der Waals surface area (Å²) >= 11 is 0. The maximum Gasteiger partial charge on any atom is 0.208 e. The fraction of sp³-hybridized carbons (Fsp3) is 0.364. The number of phenolic OH excluding ortho intramolecular Hbond substituents is 1. The van der Waals surface area contributed by atoms with E-state index in [2.05, 4.69) is 0 Å². The van der Waals surface area contributed by atoms with Gasteiger partial charge in [0.05, 0.1) is 37.0 Å². The first-order chi connectivity index (χ1) is 13.9. The van der Waals surface area contributed by atoms with Gasteiger partial charge >= 0.3 is 0 Å². The predicted octanol–water partition coefficient (Wildman–Crippen LogP) is 3.54. The Balaban J connectivity index is 1.76. The first-order valence-corrected chi connectivity index (χ1v) is 9.49. The van der Waals surface area contributed by atoms with Gasteiger partial charge in [0.1, 0.15) is 23.0 Å². The summed E-state index contributed by atoms with van der Waals surface area (Å²) in [5.74, 6) is -0.915. The van der Waals surface area contributed by atoms with Crippen molar-refractivity contribution in [2.45, 2.75) is 38.1 Å². The molecule has 0 saturated carbocycles. The molecule has 1 aliphatic carbocycles. The number of carbonyl (C=O) groups excluding carboxylic acids is 2. The van der Waals surface area contributed by atoms with Crippen LogP contribution in [0.1, 0.15) is 69.7 Å². The second-order valence-electron chi connectivity index (χ2n) is 7.70. The Morgan fingerprint density at radius 2 is 1.83 bits per heavy atom. The van der Waals surface area contributed by atoms with Crippen LogP contribution in [0.3, 0.4) is 0 Å². The number of hydrogen-bond acceptors (Lipinski definition) is 7. The molecule has 2 bridgehead atoms. The number of ketones is 2. The Hall–Kier alpha value is -3.06. The highest BCUT2D eigenvalue weighted by molar-refractivity contribution is 6.30. The van der Waals surface area contributed by atoms with E-state index in [0.29, 0.717) is 29.9 Å². The fourth-order valence-corrected chi connectivity index (χ4v) is 4.56. The number of benzene rings is 2. The maximum absolute atomic E-state index is 13.4. The van der Waals surface area contributed by atoms with E-state index < -0.39 is 17.4 Å². The van der Waals surface area contributed by atoms with Crippen molar-refractivity contribution < 1.29 is 33.6 Å². The molecule has 7 nitrogen and oxygen atoms in total. The summed E-state index contributed by atoms with van der Waals surface area (Å²) in [7, 11) is 2.89. The minimum atomic E-state index is -0.803. The first-order valence-electron chi connectivity index (χ1n) is 9.49. The Labute approximate surface area is 167 Å². The minimum Gasteiger partial charge on any atom is -0.507 e. The van der Waals surface area contributed by atoms with Crippen molar-refractivity contribution in [2.75, 3.05) is 14.2 Å². The molecule has 0 radical (unpaired) electrons. The quantitative estimate of drug-likeness (QED) is 0.708. The minimum absolute atomic E-state index is 0.0360. The lowest BCUT2D eigenvalue weighted by Gasteiger charge is -2.44. The number of methoxy groups -OCH3 is 2. The summed E-state index contributed by atoms with van der Waals surface area (Å²) in [5, 5.41) is 11.1. The van der Waals surface area contributed by atoms with Gasteiger partial charge in [0.2, 0.25) is 11.6 Å². The van der Waals surface area contributed by atoms with Gasteiger partial charge in [-0.2, -0.15) is 0 Å². The molecule has 1 fully saturated rings. The van der Waals surface area contributed by atoms with E-state index in [0.717, 1.165) is 6.42 Å². The van der Waals surface area contributed by atoms with E-state index in [1.165, 1.54) is 20.3 Å². The third-order valence-corrected chi connectivity index (χ3v) is 5.91. The molecule has 2 atom stereocenters. The van der Waals surface area contributed by atoms with Crippen LogP contribution in [0.15, 0.2) is 18.2 Å². The molecule has 2 aromatic rings. The van der Waals surface area contributed by atoms with Gasteiger partial charge in [-0.3, -0.25) is 9.59 Å². The van der Waals surface area contributed by atoms with Crippen LogP contribution < -0.4 is 14.2 Å². The number of phenols is 1. The van der Waals surface area contributed by atoms with Crippen molar-refractivity contribution in [1.82, 2.24) is 0 Å². The number of rotatable bonds is 2. The van der Waals surface area contributed by atoms with Gasteiger partial charge < -0.3 is 24.1 Å². The van der Waals surface area contributed by atoms with Gasteiger partial charge in [0.25, 0.3) is 0 Å². The summed E-state index contributed by atoms with van der Waals surface area (Å²) in [6.07, 6.45) is 1.91. The summed E-state index contributed by atoms with van der Waals surface area (Å²) in [6.45, 7) is 1.84. The normalized spacial score (nSPS) is 24.2. The summed E-state index contributed by atoms with van der Waals surface area (Å²) in [5.41, 5.74) is 0.797. The van der Waals surface area contributed by atoms with Gasteiger partial charge in [-0.25, -0.2) is 0 Å². The van der Waals surface area contributed by atoms with E-state index in [1.54, 1.807) is 12.1 Å². The van der Waals surface area contributed by atoms with Gasteiger partial charge in [-0.1, -0.05) is 0 Å². The lowest BCUT2D eigenvalue weighted by molar-refractivity contribution is -0.243. The molecule has 2 aromatic carbocycles. The molecule has 1 unspecified atom stereocenters. The van der Waals surface area contributed by atoms with E-state index in [-0.39, 0.29) is 39.9 Å². The van der Waals surface area contributed by atoms with Gasteiger partial charge in [0, 0.05) is 30.5 Å². The van der Waals surface area contributed by atoms with Crippen LogP contribution in [0.5, 0.6) is 23.0 Å². The zero-order valence-corrected chi connectivity index (χ0v) is 16.3. The Bertz CT molecular complexity index is 1090. The second kappa shape index (κ2) is 5.97. The van der Waals surface area contributed by atoms with Crippen molar-refractivity contribution in [3.63, 3.8) is 0 Å². The molecule has 2 heterocycles. The Morgan fingerprint density at radius 3 is 2.55 bits per heavy atom. The van der Waals surface area contributed by atoms with Crippen molar-refractivity contribution in [2.24, 2.45) is 0 Å². The SMILES string of the molecule is COc1cc(OC)c2c(c1)C(=O)c1cc3c(c(O)c1C2=O)C1CCC[C@](C)(O3)O1. The maximum atomic E-state index is 13.4. The van der Waals surface area contributed by atoms with E-state index in [9.17, 15) is 14.7 Å². The zero-order valence-electron chi connectivity index (χ0n) is 16.3. The smallest absolute Gasteiger partial charge is 0.208 e. The summed E-state index contributed by atoms with van der Waals surface area (Å²) < 4.78 is 22.6. The third-order valence-electron chi connectivity index (χ3n) is 5.91. The summed E-state index contributed by atoms with van der Waals surface area (Å²) in [4.78, 5) is 26.7. The lowest BCUT2D eigenvalue weighted by Crippen LogP contribution is -2.44. The number of fused-ring (bicyclic) bond motifs is 6. The lowest BCUT2D eigenvalue weighted by atomic mass is 9.80. The van der Waals surface area contributed by atoms with Gasteiger partial charge in [-0.15, -0.1) is 0 Å². The molecule has 0 aromatic heterocycles. The van der Waals surface area contributed by atoms with Gasteiger partial charge in [0.15, 0.2) is 5.78 Å². The zero-order chi connectivity index (χ0) is 20.5. The Kier molecular flexibility index (Phi) is 3.70. The van der Waals surface area contributed by atoms with Crippen LogP contribution in [0.2, 0.25) is 0 Å². The molecule has 150 valence electrons. The average molecular weight is 396 g/mol. The molecule has 2 aliphatic heterocycles. The number of ether oxygens (including phenoxy) is 4. The van der Waals surface area contributed by atoms with Crippen LogP contribution in [0.4, 0.5) is 0 Å². The number of aromatic hydroxyl groups is 1. The monoisotopic (exact) mass is 396 g/mol. The molecule has 1 N–H and O–H groups in total. The van der Waals surface area contributed by atoms with Crippen LogP contribution in [-0.2, 0) is 4.74 Å². The van der Waals surface area contributed by atoms with Crippen LogP contribution in [0, 0.1) is 0 Å². The Morgan fingerprint density at radius 1 is 1.07 bits per heavy atom. The van der Waals surface area contributed by atoms with Gasteiger partial charge in [-0.05, 0) is 25.0 Å². The number of carbonyl (C=O) groups is 2.